The van der Waals surface area contributed by atoms with Gasteiger partial charge in [0.25, 0.3) is 0 Å². The van der Waals surface area contributed by atoms with Crippen molar-refractivity contribution in [1.82, 2.24) is 9.88 Å². The fraction of sp³-hybridized carbons (Fsp3) is 0.333. The number of fused-ring (bicyclic) bond motifs is 1. The Labute approximate surface area is 199 Å². The third-order valence-corrected chi connectivity index (χ3v) is 7.06. The van der Waals surface area contributed by atoms with Gasteiger partial charge in [-0.05, 0) is 42.5 Å². The van der Waals surface area contributed by atoms with Crippen molar-refractivity contribution in [2.45, 2.75) is 4.90 Å². The number of rotatable bonds is 7. The Bertz CT molecular complexity index is 1010. The van der Waals surface area contributed by atoms with Gasteiger partial charge < -0.3 is 4.74 Å². The van der Waals surface area contributed by atoms with Gasteiger partial charge in [0.1, 0.15) is 5.82 Å². The van der Waals surface area contributed by atoms with Crippen molar-refractivity contribution in [2.24, 2.45) is 0 Å². The SMILES string of the molecule is Cl.O=C(CSc1ccc(F)cc1)N(CCN1CCOCC1)c1nc2ccc(Cl)cc2s1. The molecule has 0 aliphatic carbocycles. The van der Waals surface area contributed by atoms with Crippen molar-refractivity contribution in [1.29, 1.82) is 0 Å². The molecule has 0 unspecified atom stereocenters. The van der Waals surface area contributed by atoms with Crippen LogP contribution in [-0.2, 0) is 9.53 Å². The minimum Gasteiger partial charge on any atom is -0.379 e. The predicted molar refractivity (Wildman–Crippen MR) is 129 cm³/mol. The van der Waals surface area contributed by atoms with E-state index in [-0.39, 0.29) is 29.9 Å². The number of thioether (sulfide) groups is 1. The molecule has 0 bridgehead atoms. The monoisotopic (exact) mass is 501 g/mol. The Morgan fingerprint density at radius 3 is 2.71 bits per heavy atom. The molecule has 31 heavy (non-hydrogen) atoms. The van der Waals surface area contributed by atoms with Crippen molar-refractivity contribution in [3.8, 4) is 0 Å². The van der Waals surface area contributed by atoms with Gasteiger partial charge in [-0.1, -0.05) is 22.9 Å². The summed E-state index contributed by atoms with van der Waals surface area (Å²) in [5.74, 6) is -0.0560. The van der Waals surface area contributed by atoms with Gasteiger partial charge in [0.05, 0.1) is 29.2 Å². The fourth-order valence-corrected chi connectivity index (χ4v) is 5.21. The molecular weight excluding hydrogens is 480 g/mol. The molecule has 1 aromatic heterocycles. The van der Waals surface area contributed by atoms with Gasteiger partial charge in [-0.25, -0.2) is 9.37 Å². The van der Waals surface area contributed by atoms with Gasteiger partial charge in [0.2, 0.25) is 5.91 Å². The van der Waals surface area contributed by atoms with Crippen LogP contribution in [0.5, 0.6) is 0 Å². The molecule has 5 nitrogen and oxygen atoms in total. The number of amides is 1. The minimum absolute atomic E-state index is 0. The second kappa shape index (κ2) is 11.4. The Morgan fingerprint density at radius 2 is 1.97 bits per heavy atom. The maximum Gasteiger partial charge on any atom is 0.239 e. The van der Waals surface area contributed by atoms with Gasteiger partial charge >= 0.3 is 0 Å². The zero-order valence-electron chi connectivity index (χ0n) is 16.6. The zero-order chi connectivity index (χ0) is 20.9. The Kier molecular flexibility index (Phi) is 8.95. The number of aromatic nitrogens is 1. The van der Waals surface area contributed by atoms with Crippen LogP contribution in [0.3, 0.4) is 0 Å². The molecule has 0 radical (unpaired) electrons. The van der Waals surface area contributed by atoms with Crippen molar-refractivity contribution >= 4 is 68.4 Å². The van der Waals surface area contributed by atoms with Crippen LogP contribution >= 0.6 is 47.1 Å². The van der Waals surface area contributed by atoms with E-state index in [0.717, 1.165) is 34.7 Å². The van der Waals surface area contributed by atoms with Crippen molar-refractivity contribution in [3.63, 3.8) is 0 Å². The molecule has 2 aromatic carbocycles. The summed E-state index contributed by atoms with van der Waals surface area (Å²) >= 11 is 8.97. The summed E-state index contributed by atoms with van der Waals surface area (Å²) in [6, 6.07) is 11.7. The van der Waals surface area contributed by atoms with Crippen LogP contribution in [0.2, 0.25) is 5.02 Å². The van der Waals surface area contributed by atoms with E-state index in [1.807, 2.05) is 12.1 Å². The van der Waals surface area contributed by atoms with Crippen LogP contribution in [0.4, 0.5) is 9.52 Å². The topological polar surface area (TPSA) is 45.7 Å². The summed E-state index contributed by atoms with van der Waals surface area (Å²) in [7, 11) is 0. The summed E-state index contributed by atoms with van der Waals surface area (Å²) < 4.78 is 19.5. The lowest BCUT2D eigenvalue weighted by molar-refractivity contribution is -0.116. The average Bonchev–Trinajstić information content (AvgIpc) is 3.17. The first-order valence-electron chi connectivity index (χ1n) is 9.63. The smallest absolute Gasteiger partial charge is 0.239 e. The predicted octanol–water partition coefficient (Wildman–Crippen LogP) is 4.97. The molecule has 2 heterocycles. The molecule has 0 spiro atoms. The summed E-state index contributed by atoms with van der Waals surface area (Å²) in [6.07, 6.45) is 0. The number of anilines is 1. The molecule has 1 saturated heterocycles. The number of ether oxygens (including phenoxy) is 1. The molecule has 1 amide bonds. The quantitative estimate of drug-likeness (QED) is 0.427. The summed E-state index contributed by atoms with van der Waals surface area (Å²) in [5, 5.41) is 1.32. The highest BCUT2D eigenvalue weighted by Gasteiger charge is 2.22. The van der Waals surface area contributed by atoms with E-state index in [1.165, 1.54) is 35.2 Å². The Morgan fingerprint density at radius 1 is 1.23 bits per heavy atom. The third kappa shape index (κ3) is 6.54. The summed E-state index contributed by atoms with van der Waals surface area (Å²) in [5.41, 5.74) is 0.828. The first-order valence-corrected chi connectivity index (χ1v) is 11.8. The molecule has 1 aliphatic heterocycles. The van der Waals surface area contributed by atoms with Gasteiger partial charge in [-0.15, -0.1) is 24.2 Å². The number of hydrogen-bond acceptors (Lipinski definition) is 6. The summed E-state index contributed by atoms with van der Waals surface area (Å²) in [6.45, 7) is 4.47. The highest BCUT2D eigenvalue weighted by atomic mass is 35.5. The third-order valence-electron chi connectivity index (χ3n) is 4.79. The molecule has 4 rings (SSSR count). The van der Waals surface area contributed by atoms with Crippen molar-refractivity contribution < 1.29 is 13.9 Å². The van der Waals surface area contributed by atoms with Gasteiger partial charge in [0, 0.05) is 36.1 Å². The normalized spacial score (nSPS) is 14.4. The van der Waals surface area contributed by atoms with E-state index in [4.69, 9.17) is 16.3 Å². The largest absolute Gasteiger partial charge is 0.379 e. The zero-order valence-corrected chi connectivity index (χ0v) is 19.8. The van der Waals surface area contributed by atoms with Crippen molar-refractivity contribution in [3.05, 3.63) is 53.3 Å². The minimum atomic E-state index is -0.286. The van der Waals surface area contributed by atoms with E-state index in [9.17, 15) is 9.18 Å². The van der Waals surface area contributed by atoms with E-state index in [1.54, 1.807) is 23.1 Å². The van der Waals surface area contributed by atoms with Crippen LogP contribution in [0.15, 0.2) is 47.4 Å². The number of halogens is 3. The highest BCUT2D eigenvalue weighted by molar-refractivity contribution is 8.00. The second-order valence-electron chi connectivity index (χ2n) is 6.85. The standard InChI is InChI=1S/C21H21ClFN3O2S2.ClH/c22-15-1-6-18-19(13-15)30-21(24-18)26(8-7-25-9-11-28-12-10-25)20(27)14-29-17-4-2-16(23)3-5-17;/h1-6,13H,7-12,14H2;1H. The molecule has 0 atom stereocenters. The second-order valence-corrected chi connectivity index (χ2v) is 9.34. The lowest BCUT2D eigenvalue weighted by atomic mass is 10.3. The lowest BCUT2D eigenvalue weighted by Gasteiger charge is -2.29. The van der Waals surface area contributed by atoms with Crippen LogP contribution in [-0.4, -0.2) is 60.9 Å². The maximum absolute atomic E-state index is 13.1. The van der Waals surface area contributed by atoms with E-state index >= 15 is 0 Å². The average molecular weight is 502 g/mol. The van der Waals surface area contributed by atoms with Gasteiger partial charge in [0.15, 0.2) is 5.13 Å². The molecule has 1 aliphatic rings. The van der Waals surface area contributed by atoms with Crippen molar-refractivity contribution in [2.75, 3.05) is 50.0 Å². The number of carbonyl (C=O) groups excluding carboxylic acids is 1. The first kappa shape index (κ1) is 24.2. The number of hydrogen-bond donors (Lipinski definition) is 0. The first-order chi connectivity index (χ1) is 14.6. The van der Waals surface area contributed by atoms with Crippen LogP contribution in [0.25, 0.3) is 10.2 Å². The molecule has 0 N–H and O–H groups in total. The number of benzene rings is 2. The molecule has 166 valence electrons. The molecular formula is C21H22Cl2FN3O2S2. The number of carbonyl (C=O) groups is 1. The highest BCUT2D eigenvalue weighted by Crippen LogP contribution is 2.31. The molecule has 3 aromatic rings. The van der Waals surface area contributed by atoms with Crippen LogP contribution in [0.1, 0.15) is 0 Å². The summed E-state index contributed by atoms with van der Waals surface area (Å²) in [4.78, 5) is 22.7. The fourth-order valence-electron chi connectivity index (χ4n) is 3.15. The number of thiazole rings is 1. The molecule has 10 heteroatoms. The number of morpholine rings is 1. The van der Waals surface area contributed by atoms with E-state index < -0.39 is 0 Å². The van der Waals surface area contributed by atoms with Crippen LogP contribution in [0, 0.1) is 5.82 Å². The Hall–Kier alpha value is -1.42. The number of nitrogens with zero attached hydrogens (tertiary/aromatic N) is 3. The van der Waals surface area contributed by atoms with E-state index in [2.05, 4.69) is 9.88 Å². The van der Waals surface area contributed by atoms with Gasteiger partial charge in [-0.2, -0.15) is 0 Å². The Balaban J connectivity index is 0.00000272. The lowest BCUT2D eigenvalue weighted by Crippen LogP contribution is -2.43. The molecule has 1 fully saturated rings. The molecule has 0 saturated carbocycles. The van der Waals surface area contributed by atoms with Gasteiger partial charge in [-0.3, -0.25) is 14.6 Å². The van der Waals surface area contributed by atoms with E-state index in [0.29, 0.717) is 29.9 Å². The van der Waals surface area contributed by atoms with Crippen LogP contribution < -0.4 is 4.90 Å². The maximum atomic E-state index is 13.1.